The molecule has 0 aliphatic carbocycles. The van der Waals surface area contributed by atoms with Gasteiger partial charge in [0.1, 0.15) is 23.3 Å². The second-order valence-electron chi connectivity index (χ2n) is 7.19. The van der Waals surface area contributed by atoms with E-state index < -0.39 is 23.7 Å². The van der Waals surface area contributed by atoms with E-state index in [2.05, 4.69) is 15.4 Å². The zero-order chi connectivity index (χ0) is 22.1. The first kappa shape index (κ1) is 20.3. The molecular formula is C22H20FN5O3. The first-order valence-electron chi connectivity index (χ1n) is 9.59. The van der Waals surface area contributed by atoms with Crippen LogP contribution in [0.5, 0.6) is 0 Å². The summed E-state index contributed by atoms with van der Waals surface area (Å²) in [5, 5.41) is 8.38. The standard InChI is InChI=1S/C22H20FN5O3/c1-12-13(2)31-22(25-12)14-4-3-5-16(10-14)26-21(30)18-11-19(20(24)29)28(27-18)17-8-6-15(23)7-9-17/h3-10,19H,11H2,1-2H3,(H2,24,29)(H,26,30). The van der Waals surface area contributed by atoms with E-state index in [-0.39, 0.29) is 12.1 Å². The molecule has 3 aromatic rings. The highest BCUT2D eigenvalue weighted by Gasteiger charge is 2.35. The van der Waals surface area contributed by atoms with Crippen LogP contribution in [-0.2, 0) is 9.59 Å². The van der Waals surface area contributed by atoms with Gasteiger partial charge in [-0.15, -0.1) is 0 Å². The minimum atomic E-state index is -0.837. The third kappa shape index (κ3) is 4.16. The Morgan fingerprint density at radius 3 is 2.58 bits per heavy atom. The zero-order valence-electron chi connectivity index (χ0n) is 16.9. The number of anilines is 2. The summed E-state index contributed by atoms with van der Waals surface area (Å²) in [5.41, 5.74) is 8.12. The molecule has 4 rings (SSSR count). The van der Waals surface area contributed by atoms with Crippen molar-refractivity contribution in [1.82, 2.24) is 4.98 Å². The van der Waals surface area contributed by atoms with Crippen molar-refractivity contribution < 1.29 is 18.4 Å². The second-order valence-corrected chi connectivity index (χ2v) is 7.19. The largest absolute Gasteiger partial charge is 0.441 e. The van der Waals surface area contributed by atoms with Crippen LogP contribution in [0.2, 0.25) is 0 Å². The van der Waals surface area contributed by atoms with E-state index in [1.807, 2.05) is 19.9 Å². The van der Waals surface area contributed by atoms with Gasteiger partial charge < -0.3 is 15.5 Å². The molecule has 158 valence electrons. The van der Waals surface area contributed by atoms with E-state index in [4.69, 9.17) is 10.2 Å². The lowest BCUT2D eigenvalue weighted by Gasteiger charge is -2.20. The molecule has 2 heterocycles. The first-order chi connectivity index (χ1) is 14.8. The van der Waals surface area contributed by atoms with Crippen LogP contribution < -0.4 is 16.1 Å². The van der Waals surface area contributed by atoms with Gasteiger partial charge in [-0.05, 0) is 56.3 Å². The summed E-state index contributed by atoms with van der Waals surface area (Å²) in [6.45, 7) is 3.69. The van der Waals surface area contributed by atoms with E-state index >= 15 is 0 Å². The molecule has 2 aromatic carbocycles. The number of benzene rings is 2. The van der Waals surface area contributed by atoms with E-state index in [1.165, 1.54) is 29.3 Å². The number of primary amides is 1. The maximum atomic E-state index is 13.2. The summed E-state index contributed by atoms with van der Waals surface area (Å²) in [6.07, 6.45) is 0.0381. The molecule has 8 nitrogen and oxygen atoms in total. The number of carbonyl (C=O) groups is 2. The zero-order valence-corrected chi connectivity index (χ0v) is 16.9. The smallest absolute Gasteiger partial charge is 0.271 e. The fourth-order valence-corrected chi connectivity index (χ4v) is 3.23. The number of nitrogens with zero attached hydrogens (tertiary/aromatic N) is 3. The van der Waals surface area contributed by atoms with Crippen molar-refractivity contribution >= 4 is 28.9 Å². The van der Waals surface area contributed by atoms with Gasteiger partial charge in [0.15, 0.2) is 0 Å². The third-order valence-electron chi connectivity index (χ3n) is 4.99. The first-order valence-corrected chi connectivity index (χ1v) is 9.59. The number of aromatic nitrogens is 1. The van der Waals surface area contributed by atoms with Gasteiger partial charge in [0.25, 0.3) is 5.91 Å². The molecule has 1 aromatic heterocycles. The summed E-state index contributed by atoms with van der Waals surface area (Å²) < 4.78 is 18.9. The lowest BCUT2D eigenvalue weighted by atomic mass is 10.1. The highest BCUT2D eigenvalue weighted by molar-refractivity contribution is 6.44. The molecule has 0 saturated heterocycles. The molecule has 0 spiro atoms. The quantitative estimate of drug-likeness (QED) is 0.657. The molecule has 9 heteroatoms. The van der Waals surface area contributed by atoms with Crippen LogP contribution in [0, 0.1) is 19.7 Å². The van der Waals surface area contributed by atoms with E-state index in [1.54, 1.807) is 18.2 Å². The number of hydrogen-bond donors (Lipinski definition) is 2. The number of rotatable bonds is 5. The van der Waals surface area contributed by atoms with Gasteiger partial charge in [0.2, 0.25) is 11.8 Å². The van der Waals surface area contributed by atoms with Gasteiger partial charge in [0.05, 0.1) is 11.4 Å². The monoisotopic (exact) mass is 421 g/mol. The molecule has 1 atom stereocenters. The van der Waals surface area contributed by atoms with Crippen LogP contribution >= 0.6 is 0 Å². The van der Waals surface area contributed by atoms with Gasteiger partial charge in [-0.25, -0.2) is 9.37 Å². The number of hydrogen-bond acceptors (Lipinski definition) is 6. The van der Waals surface area contributed by atoms with Crippen LogP contribution in [0.4, 0.5) is 15.8 Å². The molecule has 2 amide bonds. The number of halogens is 1. The Labute approximate surface area is 177 Å². The number of hydrazone groups is 1. The minimum absolute atomic E-state index is 0.0381. The summed E-state index contributed by atoms with van der Waals surface area (Å²) in [4.78, 5) is 29.1. The normalized spacial score (nSPS) is 15.6. The third-order valence-corrected chi connectivity index (χ3v) is 4.99. The molecule has 3 N–H and O–H groups in total. The van der Waals surface area contributed by atoms with Gasteiger partial charge in [-0.1, -0.05) is 6.07 Å². The van der Waals surface area contributed by atoms with Gasteiger partial charge in [-0.3, -0.25) is 14.6 Å². The van der Waals surface area contributed by atoms with E-state index in [9.17, 15) is 14.0 Å². The van der Waals surface area contributed by atoms with Crippen LogP contribution in [0.15, 0.2) is 58.0 Å². The van der Waals surface area contributed by atoms with E-state index in [0.29, 0.717) is 22.8 Å². The fraction of sp³-hybridized carbons (Fsp3) is 0.182. The van der Waals surface area contributed by atoms with Gasteiger partial charge >= 0.3 is 0 Å². The SMILES string of the molecule is Cc1nc(-c2cccc(NC(=O)C3=NN(c4ccc(F)cc4)C(C(N)=O)C3)c2)oc1C. The molecule has 1 unspecified atom stereocenters. The number of nitrogens with one attached hydrogen (secondary N) is 1. The lowest BCUT2D eigenvalue weighted by molar-refractivity contribution is -0.119. The Bertz CT molecular complexity index is 1170. The maximum Gasteiger partial charge on any atom is 0.271 e. The highest BCUT2D eigenvalue weighted by Crippen LogP contribution is 2.27. The van der Waals surface area contributed by atoms with Crippen molar-refractivity contribution in [3.63, 3.8) is 0 Å². The topological polar surface area (TPSA) is 114 Å². The summed E-state index contributed by atoms with van der Waals surface area (Å²) >= 11 is 0. The summed E-state index contributed by atoms with van der Waals surface area (Å²) in [7, 11) is 0. The Balaban J connectivity index is 1.55. The number of oxazole rings is 1. The van der Waals surface area contributed by atoms with Crippen molar-refractivity contribution in [1.29, 1.82) is 0 Å². The molecular weight excluding hydrogens is 401 g/mol. The molecule has 0 fully saturated rings. The number of amides is 2. The van der Waals surface area contributed by atoms with Crippen molar-refractivity contribution in [2.24, 2.45) is 10.8 Å². The van der Waals surface area contributed by atoms with Crippen LogP contribution in [0.1, 0.15) is 17.9 Å². The Kier molecular flexibility index (Phi) is 5.24. The van der Waals surface area contributed by atoms with Gasteiger partial charge in [0, 0.05) is 17.7 Å². The predicted molar refractivity (Wildman–Crippen MR) is 114 cm³/mol. The average Bonchev–Trinajstić information content (AvgIpc) is 3.33. The van der Waals surface area contributed by atoms with Crippen molar-refractivity contribution in [3.05, 3.63) is 65.8 Å². The summed E-state index contributed by atoms with van der Waals surface area (Å²) in [5.74, 6) is -0.333. The Hall–Kier alpha value is -4.01. The van der Waals surface area contributed by atoms with Gasteiger partial charge in [-0.2, -0.15) is 5.10 Å². The maximum absolute atomic E-state index is 13.2. The predicted octanol–water partition coefficient (Wildman–Crippen LogP) is 3.16. The Morgan fingerprint density at radius 1 is 1.19 bits per heavy atom. The molecule has 1 aliphatic heterocycles. The highest BCUT2D eigenvalue weighted by atomic mass is 19.1. The summed E-state index contributed by atoms with van der Waals surface area (Å²) in [6, 6.07) is 11.7. The lowest BCUT2D eigenvalue weighted by Crippen LogP contribution is -2.39. The van der Waals surface area contributed by atoms with Crippen molar-refractivity contribution in [2.45, 2.75) is 26.3 Å². The molecule has 31 heavy (non-hydrogen) atoms. The number of nitrogens with two attached hydrogens (primary N) is 1. The van der Waals surface area contributed by atoms with Crippen LogP contribution in [0.3, 0.4) is 0 Å². The fourth-order valence-electron chi connectivity index (χ4n) is 3.23. The second kappa shape index (κ2) is 8.02. The minimum Gasteiger partial charge on any atom is -0.441 e. The van der Waals surface area contributed by atoms with Crippen molar-refractivity contribution in [2.75, 3.05) is 10.3 Å². The van der Waals surface area contributed by atoms with E-state index in [0.717, 1.165) is 11.5 Å². The molecule has 1 aliphatic rings. The van der Waals surface area contributed by atoms with Crippen LogP contribution in [-0.4, -0.2) is 28.6 Å². The Morgan fingerprint density at radius 2 is 1.94 bits per heavy atom. The van der Waals surface area contributed by atoms with Crippen molar-refractivity contribution in [3.8, 4) is 11.5 Å². The van der Waals surface area contributed by atoms with Crippen LogP contribution in [0.25, 0.3) is 11.5 Å². The average molecular weight is 421 g/mol. The molecule has 0 saturated carbocycles. The number of aryl methyl sites for hydroxylation is 2. The molecule has 0 radical (unpaired) electrons. The number of carbonyl (C=O) groups excluding carboxylic acids is 2. The molecule has 0 bridgehead atoms.